The molecule has 0 aromatic heterocycles. The number of nitrogens with one attached hydrogen (secondary N) is 1. The van der Waals surface area contributed by atoms with Gasteiger partial charge in [-0.2, -0.15) is 0 Å². The van der Waals surface area contributed by atoms with Crippen LogP contribution in [0.15, 0.2) is 16.6 Å². The first-order valence-electron chi connectivity index (χ1n) is 5.61. The van der Waals surface area contributed by atoms with Gasteiger partial charge in [0.2, 0.25) is 0 Å². The third-order valence-corrected chi connectivity index (χ3v) is 3.20. The van der Waals surface area contributed by atoms with E-state index in [1.807, 2.05) is 6.92 Å². The number of carbonyl (C=O) groups excluding carboxylic acids is 1. The standard InChI is InChI=1S/C12H13BrF2N2OS/c1-2-3-9(11(16)19)17-12(18)10-7(14)4-6(13)5-8(10)15/h4-5,9H,2-3H2,1H3,(H2,16,19)(H,17,18). The number of benzene rings is 1. The predicted molar refractivity (Wildman–Crippen MR) is 77.0 cm³/mol. The van der Waals surface area contributed by atoms with Gasteiger partial charge in [0.05, 0.1) is 11.0 Å². The summed E-state index contributed by atoms with van der Waals surface area (Å²) >= 11 is 7.75. The molecule has 0 spiro atoms. The molecular weight excluding hydrogens is 338 g/mol. The van der Waals surface area contributed by atoms with Gasteiger partial charge in [0.15, 0.2) is 0 Å². The molecule has 1 aromatic carbocycles. The Morgan fingerprint density at radius 1 is 1.47 bits per heavy atom. The molecule has 3 nitrogen and oxygen atoms in total. The molecule has 0 bridgehead atoms. The second-order valence-corrected chi connectivity index (χ2v) is 5.35. The minimum Gasteiger partial charge on any atom is -0.392 e. The Labute approximate surface area is 123 Å². The van der Waals surface area contributed by atoms with Crippen LogP contribution in [0, 0.1) is 11.6 Å². The van der Waals surface area contributed by atoms with E-state index in [9.17, 15) is 13.6 Å². The summed E-state index contributed by atoms with van der Waals surface area (Å²) in [6.07, 6.45) is 1.24. The molecule has 0 aliphatic carbocycles. The van der Waals surface area contributed by atoms with Crippen LogP contribution < -0.4 is 11.1 Å². The highest BCUT2D eigenvalue weighted by atomic mass is 79.9. The van der Waals surface area contributed by atoms with Crippen LogP contribution in [0.5, 0.6) is 0 Å². The van der Waals surface area contributed by atoms with Gasteiger partial charge in [-0.1, -0.05) is 41.5 Å². The third-order valence-electron chi connectivity index (χ3n) is 2.46. The molecule has 1 rings (SSSR count). The Balaban J connectivity index is 2.98. The van der Waals surface area contributed by atoms with Crippen molar-refractivity contribution in [2.75, 3.05) is 0 Å². The Morgan fingerprint density at radius 2 is 2.00 bits per heavy atom. The third kappa shape index (κ3) is 4.21. The number of rotatable bonds is 5. The molecule has 1 atom stereocenters. The van der Waals surface area contributed by atoms with Crippen molar-refractivity contribution in [3.8, 4) is 0 Å². The lowest BCUT2D eigenvalue weighted by molar-refractivity contribution is 0.0937. The Bertz CT molecular complexity index is 487. The lowest BCUT2D eigenvalue weighted by atomic mass is 10.1. The molecule has 0 heterocycles. The first kappa shape index (κ1) is 16.0. The Kier molecular flexibility index (Phi) is 5.81. The average Bonchev–Trinajstić information content (AvgIpc) is 2.26. The zero-order chi connectivity index (χ0) is 14.6. The highest BCUT2D eigenvalue weighted by Crippen LogP contribution is 2.19. The number of nitrogens with two attached hydrogens (primary N) is 1. The van der Waals surface area contributed by atoms with E-state index in [1.54, 1.807) is 0 Å². The second kappa shape index (κ2) is 6.91. The molecule has 3 N–H and O–H groups in total. The molecule has 0 saturated heterocycles. The van der Waals surface area contributed by atoms with Crippen LogP contribution in [0.1, 0.15) is 30.1 Å². The number of amides is 1. The maximum absolute atomic E-state index is 13.6. The lowest BCUT2D eigenvalue weighted by Crippen LogP contribution is -2.43. The van der Waals surface area contributed by atoms with Gasteiger partial charge in [0.1, 0.15) is 17.2 Å². The van der Waals surface area contributed by atoms with Crippen molar-refractivity contribution in [3.63, 3.8) is 0 Å². The number of hydrogen-bond acceptors (Lipinski definition) is 2. The number of thiocarbonyl (C=S) groups is 1. The van der Waals surface area contributed by atoms with Crippen LogP contribution in [0.25, 0.3) is 0 Å². The van der Waals surface area contributed by atoms with E-state index >= 15 is 0 Å². The highest BCUT2D eigenvalue weighted by molar-refractivity contribution is 9.10. The molecule has 7 heteroatoms. The summed E-state index contributed by atoms with van der Waals surface area (Å²) in [7, 11) is 0. The van der Waals surface area contributed by atoms with Crippen LogP contribution in [-0.2, 0) is 0 Å². The molecule has 1 unspecified atom stereocenters. The second-order valence-electron chi connectivity index (χ2n) is 3.96. The molecule has 19 heavy (non-hydrogen) atoms. The van der Waals surface area contributed by atoms with Gasteiger partial charge in [-0.3, -0.25) is 4.79 Å². The predicted octanol–water partition coefficient (Wildman–Crippen LogP) is 2.91. The van der Waals surface area contributed by atoms with E-state index in [2.05, 4.69) is 21.2 Å². The fraction of sp³-hybridized carbons (Fsp3) is 0.333. The van der Waals surface area contributed by atoms with Gasteiger partial charge in [-0.05, 0) is 18.6 Å². The fourth-order valence-electron chi connectivity index (χ4n) is 1.56. The normalized spacial score (nSPS) is 12.0. The van der Waals surface area contributed by atoms with Crippen molar-refractivity contribution in [2.45, 2.75) is 25.8 Å². The van der Waals surface area contributed by atoms with Crippen molar-refractivity contribution in [1.82, 2.24) is 5.32 Å². The quantitative estimate of drug-likeness (QED) is 0.802. The van der Waals surface area contributed by atoms with Crippen LogP contribution in [0.3, 0.4) is 0 Å². The molecule has 104 valence electrons. The molecule has 0 saturated carbocycles. The zero-order valence-corrected chi connectivity index (χ0v) is 12.6. The molecule has 0 aliphatic rings. The van der Waals surface area contributed by atoms with Crippen LogP contribution in [0.2, 0.25) is 0 Å². The van der Waals surface area contributed by atoms with Crippen molar-refractivity contribution >= 4 is 39.0 Å². The molecule has 1 amide bonds. The fourth-order valence-corrected chi connectivity index (χ4v) is 2.14. The lowest BCUT2D eigenvalue weighted by Gasteiger charge is -2.17. The summed E-state index contributed by atoms with van der Waals surface area (Å²) in [6.45, 7) is 1.89. The van der Waals surface area contributed by atoms with Gasteiger partial charge in [0, 0.05) is 4.47 Å². The van der Waals surface area contributed by atoms with E-state index < -0.39 is 29.1 Å². The van der Waals surface area contributed by atoms with Crippen molar-refractivity contribution in [3.05, 3.63) is 33.8 Å². The van der Waals surface area contributed by atoms with Gasteiger partial charge in [-0.25, -0.2) is 8.78 Å². The number of hydrogen-bond donors (Lipinski definition) is 2. The number of carbonyl (C=O) groups is 1. The monoisotopic (exact) mass is 350 g/mol. The first-order chi connectivity index (χ1) is 8.86. The van der Waals surface area contributed by atoms with Crippen LogP contribution in [-0.4, -0.2) is 16.9 Å². The van der Waals surface area contributed by atoms with E-state index in [1.165, 1.54) is 0 Å². The molecule has 0 fully saturated rings. The number of halogens is 3. The largest absolute Gasteiger partial charge is 0.392 e. The summed E-state index contributed by atoms with van der Waals surface area (Å²) in [6, 6.07) is 1.47. The smallest absolute Gasteiger partial charge is 0.257 e. The van der Waals surface area contributed by atoms with Gasteiger partial charge < -0.3 is 11.1 Å². The van der Waals surface area contributed by atoms with E-state index in [-0.39, 0.29) is 9.46 Å². The molecule has 0 aliphatic heterocycles. The van der Waals surface area contributed by atoms with E-state index in [4.69, 9.17) is 18.0 Å². The molecule has 1 aromatic rings. The SMILES string of the molecule is CCCC(NC(=O)c1c(F)cc(Br)cc1F)C(N)=S. The first-order valence-corrected chi connectivity index (χ1v) is 6.81. The summed E-state index contributed by atoms with van der Waals surface area (Å²) < 4.78 is 27.4. The van der Waals surface area contributed by atoms with Crippen LogP contribution in [0.4, 0.5) is 8.78 Å². The van der Waals surface area contributed by atoms with Gasteiger partial charge in [0.25, 0.3) is 5.91 Å². The van der Waals surface area contributed by atoms with Gasteiger partial charge >= 0.3 is 0 Å². The Morgan fingerprint density at radius 3 is 2.42 bits per heavy atom. The minimum atomic E-state index is -0.942. The van der Waals surface area contributed by atoms with Gasteiger partial charge in [-0.15, -0.1) is 0 Å². The van der Waals surface area contributed by atoms with Crippen molar-refractivity contribution in [2.24, 2.45) is 5.73 Å². The molecular formula is C12H13BrF2N2OS. The zero-order valence-electron chi connectivity index (χ0n) is 10.2. The summed E-state index contributed by atoms with van der Waals surface area (Å²) in [4.78, 5) is 12.0. The average molecular weight is 351 g/mol. The topological polar surface area (TPSA) is 55.1 Å². The molecule has 0 radical (unpaired) electrons. The van der Waals surface area contributed by atoms with Crippen molar-refractivity contribution < 1.29 is 13.6 Å². The van der Waals surface area contributed by atoms with Crippen LogP contribution >= 0.6 is 28.1 Å². The van der Waals surface area contributed by atoms with E-state index in [0.29, 0.717) is 6.42 Å². The minimum absolute atomic E-state index is 0.0909. The summed E-state index contributed by atoms with van der Waals surface area (Å²) in [5.41, 5.74) is 4.83. The summed E-state index contributed by atoms with van der Waals surface area (Å²) in [5, 5.41) is 2.43. The Hall–Kier alpha value is -1.08. The van der Waals surface area contributed by atoms with E-state index in [0.717, 1.165) is 18.6 Å². The maximum Gasteiger partial charge on any atom is 0.257 e. The highest BCUT2D eigenvalue weighted by Gasteiger charge is 2.22. The maximum atomic E-state index is 13.6. The summed E-state index contributed by atoms with van der Waals surface area (Å²) in [5.74, 6) is -2.75. The van der Waals surface area contributed by atoms with Crippen molar-refractivity contribution in [1.29, 1.82) is 0 Å².